The Hall–Kier alpha value is -1.91. The van der Waals surface area contributed by atoms with Gasteiger partial charge in [-0.15, -0.1) is 0 Å². The van der Waals surface area contributed by atoms with E-state index in [4.69, 9.17) is 0 Å². The number of anilines is 1. The molecule has 1 atom stereocenters. The molecular formula is C14H19FN4. The van der Waals surface area contributed by atoms with Gasteiger partial charge in [0.15, 0.2) is 0 Å². The fraction of sp³-hybridized carbons (Fsp3) is 0.429. The van der Waals surface area contributed by atoms with Crippen LogP contribution in [0.25, 0.3) is 0 Å². The Morgan fingerprint density at radius 1 is 1.32 bits per heavy atom. The molecule has 1 N–H and O–H groups in total. The molecule has 0 aliphatic carbocycles. The van der Waals surface area contributed by atoms with E-state index in [0.717, 1.165) is 17.8 Å². The van der Waals surface area contributed by atoms with Gasteiger partial charge in [-0.05, 0) is 32.4 Å². The average molecular weight is 262 g/mol. The molecule has 0 amide bonds. The second-order valence-electron chi connectivity index (χ2n) is 4.81. The Labute approximate surface area is 112 Å². The lowest BCUT2D eigenvalue weighted by Gasteiger charge is -2.16. The molecule has 0 spiro atoms. The van der Waals surface area contributed by atoms with Crippen LogP contribution < -0.4 is 5.32 Å². The van der Waals surface area contributed by atoms with Crippen LogP contribution >= 0.6 is 0 Å². The molecule has 0 aromatic carbocycles. The summed E-state index contributed by atoms with van der Waals surface area (Å²) in [5, 5.41) is 7.66. The monoisotopic (exact) mass is 262 g/mol. The van der Waals surface area contributed by atoms with Crippen LogP contribution in [0.1, 0.15) is 45.0 Å². The molecule has 0 fully saturated rings. The Bertz CT molecular complexity index is 518. The van der Waals surface area contributed by atoms with Crippen LogP contribution in [0.15, 0.2) is 30.7 Å². The van der Waals surface area contributed by atoms with E-state index in [1.807, 2.05) is 10.9 Å². The first-order chi connectivity index (χ1) is 9.10. The number of nitrogens with zero attached hydrogens (tertiary/aromatic N) is 3. The van der Waals surface area contributed by atoms with E-state index < -0.39 is 0 Å². The third-order valence-corrected chi connectivity index (χ3v) is 2.99. The van der Waals surface area contributed by atoms with E-state index in [1.54, 1.807) is 12.3 Å². The first-order valence-electron chi connectivity index (χ1n) is 6.52. The van der Waals surface area contributed by atoms with Crippen LogP contribution in [0.3, 0.4) is 0 Å². The van der Waals surface area contributed by atoms with E-state index in [1.165, 1.54) is 12.3 Å². The summed E-state index contributed by atoms with van der Waals surface area (Å²) in [4.78, 5) is 4.12. The molecule has 2 aromatic rings. The van der Waals surface area contributed by atoms with E-state index in [2.05, 4.69) is 36.2 Å². The first kappa shape index (κ1) is 13.5. The zero-order valence-corrected chi connectivity index (χ0v) is 11.5. The van der Waals surface area contributed by atoms with Gasteiger partial charge in [-0.25, -0.2) is 4.39 Å². The summed E-state index contributed by atoms with van der Waals surface area (Å²) in [5.41, 5.74) is 1.79. The molecule has 19 heavy (non-hydrogen) atoms. The van der Waals surface area contributed by atoms with Crippen LogP contribution in [-0.2, 0) is 0 Å². The van der Waals surface area contributed by atoms with Crippen molar-refractivity contribution >= 4 is 5.69 Å². The van der Waals surface area contributed by atoms with Crippen molar-refractivity contribution in [1.82, 2.24) is 14.8 Å². The van der Waals surface area contributed by atoms with Gasteiger partial charge in [0.25, 0.3) is 0 Å². The normalized spacial score (nSPS) is 12.7. The summed E-state index contributed by atoms with van der Waals surface area (Å²) >= 11 is 0. The number of halogens is 1. The van der Waals surface area contributed by atoms with Crippen molar-refractivity contribution < 1.29 is 4.39 Å². The highest BCUT2D eigenvalue weighted by molar-refractivity contribution is 5.40. The highest BCUT2D eigenvalue weighted by Gasteiger charge is 2.12. The molecule has 0 aliphatic heterocycles. The smallest absolute Gasteiger partial charge is 0.141 e. The zero-order valence-electron chi connectivity index (χ0n) is 11.5. The van der Waals surface area contributed by atoms with Gasteiger partial charge in [-0.1, -0.05) is 6.92 Å². The lowest BCUT2D eigenvalue weighted by Crippen LogP contribution is -2.11. The minimum absolute atomic E-state index is 0.0606. The SMILES string of the molecule is CCC(Nc1cnn(C(C)C)c1)c1ccc(F)cn1. The lowest BCUT2D eigenvalue weighted by atomic mass is 10.1. The predicted octanol–water partition coefficient (Wildman–Crippen LogP) is 3.56. The highest BCUT2D eigenvalue weighted by atomic mass is 19.1. The van der Waals surface area contributed by atoms with Crippen molar-refractivity contribution in [3.63, 3.8) is 0 Å². The van der Waals surface area contributed by atoms with Crippen molar-refractivity contribution in [1.29, 1.82) is 0 Å². The van der Waals surface area contributed by atoms with E-state index in [9.17, 15) is 4.39 Å². The Balaban J connectivity index is 2.12. The number of hydrogen-bond acceptors (Lipinski definition) is 3. The van der Waals surface area contributed by atoms with Gasteiger partial charge in [0.1, 0.15) is 5.82 Å². The minimum Gasteiger partial charge on any atom is -0.374 e. The van der Waals surface area contributed by atoms with Crippen molar-refractivity contribution in [3.05, 3.63) is 42.2 Å². The number of pyridine rings is 1. The lowest BCUT2D eigenvalue weighted by molar-refractivity contribution is 0.532. The van der Waals surface area contributed by atoms with Gasteiger partial charge in [0.2, 0.25) is 0 Å². The van der Waals surface area contributed by atoms with Crippen molar-refractivity contribution in [2.75, 3.05) is 5.32 Å². The molecule has 1 unspecified atom stereocenters. The second-order valence-corrected chi connectivity index (χ2v) is 4.81. The Morgan fingerprint density at radius 3 is 2.63 bits per heavy atom. The van der Waals surface area contributed by atoms with Crippen LogP contribution in [0.5, 0.6) is 0 Å². The summed E-state index contributed by atoms with van der Waals surface area (Å²) in [6.45, 7) is 6.22. The summed E-state index contributed by atoms with van der Waals surface area (Å²) < 4.78 is 14.8. The molecule has 0 bridgehead atoms. The van der Waals surface area contributed by atoms with Crippen molar-refractivity contribution in [2.45, 2.75) is 39.3 Å². The maximum atomic E-state index is 12.9. The first-order valence-corrected chi connectivity index (χ1v) is 6.52. The van der Waals surface area contributed by atoms with Gasteiger partial charge in [0, 0.05) is 12.2 Å². The predicted molar refractivity (Wildman–Crippen MR) is 73.5 cm³/mol. The largest absolute Gasteiger partial charge is 0.374 e. The number of aromatic nitrogens is 3. The Kier molecular flexibility index (Phi) is 4.14. The van der Waals surface area contributed by atoms with E-state index in [-0.39, 0.29) is 11.9 Å². The van der Waals surface area contributed by atoms with Gasteiger partial charge < -0.3 is 5.32 Å². The van der Waals surface area contributed by atoms with Crippen LogP contribution in [-0.4, -0.2) is 14.8 Å². The molecule has 0 aliphatic rings. The molecule has 102 valence electrons. The number of nitrogens with one attached hydrogen (secondary N) is 1. The molecule has 5 heteroatoms. The summed E-state index contributed by atoms with van der Waals surface area (Å²) in [6.07, 6.45) is 5.88. The van der Waals surface area contributed by atoms with Gasteiger partial charge >= 0.3 is 0 Å². The van der Waals surface area contributed by atoms with Crippen LogP contribution in [0, 0.1) is 5.82 Å². The molecule has 0 radical (unpaired) electrons. The topological polar surface area (TPSA) is 42.7 Å². The molecular weight excluding hydrogens is 243 g/mol. The minimum atomic E-state index is -0.314. The van der Waals surface area contributed by atoms with E-state index >= 15 is 0 Å². The summed E-state index contributed by atoms with van der Waals surface area (Å²) in [5.74, 6) is -0.314. The fourth-order valence-corrected chi connectivity index (χ4v) is 1.87. The standard InChI is InChI=1S/C14H19FN4/c1-4-13(14-6-5-11(15)7-16-14)18-12-8-17-19(9-12)10(2)3/h5-10,13,18H,4H2,1-3H3. The molecule has 0 saturated heterocycles. The number of hydrogen-bond donors (Lipinski definition) is 1. The van der Waals surface area contributed by atoms with Crippen molar-refractivity contribution in [3.8, 4) is 0 Å². The fourth-order valence-electron chi connectivity index (χ4n) is 1.87. The Morgan fingerprint density at radius 2 is 2.11 bits per heavy atom. The molecule has 2 rings (SSSR count). The molecule has 4 nitrogen and oxygen atoms in total. The molecule has 2 aromatic heterocycles. The van der Waals surface area contributed by atoms with Crippen molar-refractivity contribution in [2.24, 2.45) is 0 Å². The quantitative estimate of drug-likeness (QED) is 0.895. The third kappa shape index (κ3) is 3.30. The summed E-state index contributed by atoms with van der Waals surface area (Å²) in [6, 6.07) is 3.54. The maximum absolute atomic E-state index is 12.9. The summed E-state index contributed by atoms with van der Waals surface area (Å²) in [7, 11) is 0. The highest BCUT2D eigenvalue weighted by Crippen LogP contribution is 2.21. The number of rotatable bonds is 5. The maximum Gasteiger partial charge on any atom is 0.141 e. The second kappa shape index (κ2) is 5.82. The van der Waals surface area contributed by atoms with E-state index in [0.29, 0.717) is 6.04 Å². The van der Waals surface area contributed by atoms with Crippen LogP contribution in [0.4, 0.5) is 10.1 Å². The molecule has 2 heterocycles. The zero-order chi connectivity index (χ0) is 13.8. The average Bonchev–Trinajstić information content (AvgIpc) is 2.86. The third-order valence-electron chi connectivity index (χ3n) is 2.99. The van der Waals surface area contributed by atoms with Gasteiger partial charge in [-0.2, -0.15) is 5.10 Å². The van der Waals surface area contributed by atoms with Crippen LogP contribution in [0.2, 0.25) is 0 Å². The van der Waals surface area contributed by atoms with Gasteiger partial charge in [0.05, 0.1) is 29.8 Å². The van der Waals surface area contributed by atoms with Gasteiger partial charge in [-0.3, -0.25) is 9.67 Å². The molecule has 0 saturated carbocycles.